The molecule has 0 aromatic heterocycles. The van der Waals surface area contributed by atoms with Gasteiger partial charge in [-0.3, -0.25) is 19.3 Å². The number of nitrogens with zero attached hydrogens (tertiary/aromatic N) is 2. The second-order valence-corrected chi connectivity index (χ2v) is 9.40. The van der Waals surface area contributed by atoms with Crippen LogP contribution in [0.25, 0.3) is 0 Å². The van der Waals surface area contributed by atoms with Gasteiger partial charge in [0.05, 0.1) is 28.1 Å². The van der Waals surface area contributed by atoms with Crippen molar-refractivity contribution in [3.63, 3.8) is 0 Å². The van der Waals surface area contributed by atoms with Gasteiger partial charge in [0, 0.05) is 17.3 Å². The fraction of sp³-hybridized carbons (Fsp3) is 0.348. The molecule has 0 radical (unpaired) electrons. The van der Waals surface area contributed by atoms with Crippen LogP contribution in [0.2, 0.25) is 5.02 Å². The molecule has 0 bridgehead atoms. The molecule has 4 unspecified atom stereocenters. The highest BCUT2D eigenvalue weighted by molar-refractivity contribution is 6.36. The summed E-state index contributed by atoms with van der Waals surface area (Å²) in [5.41, 5.74) is -2.46. The molecular weight excluding hydrogens is 478 g/mol. The van der Waals surface area contributed by atoms with Crippen LogP contribution in [0.3, 0.4) is 0 Å². The number of rotatable bonds is 1. The zero-order valence-electron chi connectivity index (χ0n) is 17.3. The number of nitrogens with one attached hydrogen (secondary N) is 1. The number of carbonyl (C=O) groups is 3. The van der Waals surface area contributed by atoms with Gasteiger partial charge in [-0.25, -0.2) is 9.29 Å². The van der Waals surface area contributed by atoms with E-state index in [9.17, 15) is 31.9 Å². The molecule has 4 heterocycles. The molecule has 6 rings (SSSR count). The molecular formula is C23H16ClF4N3O3. The first kappa shape index (κ1) is 21.5. The minimum atomic E-state index is -4.72. The molecule has 11 heteroatoms. The number of hydrogen-bond acceptors (Lipinski definition) is 4. The van der Waals surface area contributed by atoms with Crippen LogP contribution < -0.4 is 10.2 Å². The molecule has 6 nitrogen and oxygen atoms in total. The first-order valence-electron chi connectivity index (χ1n) is 10.7. The standard InChI is InChI=1S/C23H16ClF4N3O3/c24-13-5-3-10(23(26,27)28)8-16(13)31-19(32)17-15-2-1-7-30(15)22(18(17)20(31)33)12-9-11(25)4-6-14(12)29-21(22)34/h3-6,8-9,15,17-18H,1-2,7H2,(H,29,34). The largest absolute Gasteiger partial charge is 0.416 e. The van der Waals surface area contributed by atoms with E-state index in [1.807, 2.05) is 0 Å². The predicted octanol–water partition coefficient (Wildman–Crippen LogP) is 3.93. The number of hydrogen-bond donors (Lipinski definition) is 1. The van der Waals surface area contributed by atoms with E-state index >= 15 is 0 Å². The van der Waals surface area contributed by atoms with Gasteiger partial charge in [-0.2, -0.15) is 13.2 Å². The zero-order chi connectivity index (χ0) is 24.2. The molecule has 3 saturated heterocycles. The van der Waals surface area contributed by atoms with Crippen molar-refractivity contribution in [2.75, 3.05) is 16.8 Å². The summed E-state index contributed by atoms with van der Waals surface area (Å²) in [6, 6.07) is 5.70. The monoisotopic (exact) mass is 493 g/mol. The third-order valence-electron chi connectivity index (χ3n) is 7.47. The van der Waals surface area contributed by atoms with Gasteiger partial charge in [0.2, 0.25) is 17.7 Å². The van der Waals surface area contributed by atoms with Crippen LogP contribution in [0.4, 0.5) is 28.9 Å². The van der Waals surface area contributed by atoms with Gasteiger partial charge >= 0.3 is 6.18 Å². The summed E-state index contributed by atoms with van der Waals surface area (Å²) in [5, 5.41) is 2.51. The van der Waals surface area contributed by atoms with E-state index in [-0.39, 0.29) is 16.3 Å². The molecule has 3 fully saturated rings. The highest BCUT2D eigenvalue weighted by Crippen LogP contribution is 2.61. The first-order chi connectivity index (χ1) is 16.1. The van der Waals surface area contributed by atoms with Gasteiger partial charge < -0.3 is 5.32 Å². The van der Waals surface area contributed by atoms with Gasteiger partial charge in [0.15, 0.2) is 0 Å². The minimum absolute atomic E-state index is 0.200. The Morgan fingerprint density at radius 1 is 1.06 bits per heavy atom. The molecule has 34 heavy (non-hydrogen) atoms. The molecule has 2 aromatic carbocycles. The maximum Gasteiger partial charge on any atom is 0.416 e. The van der Waals surface area contributed by atoms with E-state index in [2.05, 4.69) is 5.32 Å². The molecule has 4 aliphatic heterocycles. The Morgan fingerprint density at radius 2 is 1.82 bits per heavy atom. The summed E-state index contributed by atoms with van der Waals surface area (Å²) in [6.45, 7) is 0.423. The summed E-state index contributed by atoms with van der Waals surface area (Å²) in [5.74, 6) is -4.88. The van der Waals surface area contributed by atoms with E-state index in [0.717, 1.165) is 12.1 Å². The van der Waals surface area contributed by atoms with Crippen LogP contribution in [-0.2, 0) is 26.1 Å². The minimum Gasteiger partial charge on any atom is -0.324 e. The van der Waals surface area contributed by atoms with E-state index in [1.165, 1.54) is 18.2 Å². The molecule has 1 spiro atoms. The number of carbonyl (C=O) groups excluding carboxylic acids is 3. The SMILES string of the molecule is O=C1C2C3CCCN3C3(C(=O)Nc4ccc(F)cc43)C2C(=O)N1c1cc(C(F)(F)F)ccc1Cl. The fourth-order valence-corrected chi connectivity index (χ4v) is 6.48. The lowest BCUT2D eigenvalue weighted by Gasteiger charge is -2.36. The van der Waals surface area contributed by atoms with Crippen LogP contribution >= 0.6 is 11.6 Å². The van der Waals surface area contributed by atoms with Gasteiger partial charge in [0.1, 0.15) is 11.4 Å². The summed E-state index contributed by atoms with van der Waals surface area (Å²) in [6.07, 6.45) is -3.55. The average Bonchev–Trinajstić information content (AvgIpc) is 3.47. The van der Waals surface area contributed by atoms with Crippen molar-refractivity contribution in [2.24, 2.45) is 11.8 Å². The summed E-state index contributed by atoms with van der Waals surface area (Å²) >= 11 is 6.15. The lowest BCUT2D eigenvalue weighted by Crippen LogP contribution is -2.54. The highest BCUT2D eigenvalue weighted by Gasteiger charge is 2.74. The number of amides is 3. The topological polar surface area (TPSA) is 69.7 Å². The maximum absolute atomic E-state index is 14.3. The van der Waals surface area contributed by atoms with E-state index < -0.39 is 58.7 Å². The summed E-state index contributed by atoms with van der Waals surface area (Å²) in [4.78, 5) is 43.4. The van der Waals surface area contributed by atoms with Crippen LogP contribution in [0.5, 0.6) is 0 Å². The molecule has 3 amide bonds. The Kier molecular flexibility index (Phi) is 4.30. The summed E-state index contributed by atoms with van der Waals surface area (Å²) < 4.78 is 54.4. The maximum atomic E-state index is 14.3. The van der Waals surface area contributed by atoms with Crippen LogP contribution in [-0.4, -0.2) is 35.2 Å². The molecule has 1 N–H and O–H groups in total. The van der Waals surface area contributed by atoms with Crippen molar-refractivity contribution in [1.29, 1.82) is 0 Å². The molecule has 2 aromatic rings. The molecule has 4 atom stereocenters. The number of halogens is 5. The smallest absolute Gasteiger partial charge is 0.324 e. The van der Waals surface area contributed by atoms with Crippen LogP contribution in [0, 0.1) is 17.7 Å². The number of alkyl halides is 3. The van der Waals surface area contributed by atoms with Crippen molar-refractivity contribution in [3.8, 4) is 0 Å². The lowest BCUT2D eigenvalue weighted by molar-refractivity contribution is -0.137. The van der Waals surface area contributed by atoms with Gasteiger partial charge in [-0.1, -0.05) is 11.6 Å². The summed E-state index contributed by atoms with van der Waals surface area (Å²) in [7, 11) is 0. The van der Waals surface area contributed by atoms with Crippen molar-refractivity contribution in [1.82, 2.24) is 4.90 Å². The van der Waals surface area contributed by atoms with E-state index in [1.54, 1.807) is 4.90 Å². The Balaban J connectivity index is 1.54. The number of fused-ring (bicyclic) bond motifs is 7. The van der Waals surface area contributed by atoms with E-state index in [0.29, 0.717) is 36.0 Å². The average molecular weight is 494 g/mol. The Morgan fingerprint density at radius 3 is 2.56 bits per heavy atom. The van der Waals surface area contributed by atoms with Crippen molar-refractivity contribution in [3.05, 3.63) is 58.4 Å². The number of imide groups is 1. The Labute approximate surface area is 195 Å². The second kappa shape index (κ2) is 6.79. The molecule has 4 aliphatic rings. The van der Waals surface area contributed by atoms with Crippen LogP contribution in [0.1, 0.15) is 24.0 Å². The van der Waals surface area contributed by atoms with Crippen molar-refractivity contribution in [2.45, 2.75) is 30.6 Å². The number of benzene rings is 2. The fourth-order valence-electron chi connectivity index (χ4n) is 6.27. The predicted molar refractivity (Wildman–Crippen MR) is 112 cm³/mol. The highest BCUT2D eigenvalue weighted by atomic mass is 35.5. The molecule has 0 saturated carbocycles. The van der Waals surface area contributed by atoms with E-state index in [4.69, 9.17) is 11.6 Å². The zero-order valence-corrected chi connectivity index (χ0v) is 18.1. The Hall–Kier alpha value is -2.98. The Bertz CT molecular complexity index is 1300. The van der Waals surface area contributed by atoms with Crippen LogP contribution in [0.15, 0.2) is 36.4 Å². The second-order valence-electron chi connectivity index (χ2n) is 8.99. The lowest BCUT2D eigenvalue weighted by atomic mass is 9.75. The van der Waals surface area contributed by atoms with Gasteiger partial charge in [-0.05, 0) is 55.8 Å². The third-order valence-corrected chi connectivity index (χ3v) is 7.79. The third kappa shape index (κ3) is 2.52. The number of anilines is 2. The van der Waals surface area contributed by atoms with Gasteiger partial charge in [0.25, 0.3) is 0 Å². The van der Waals surface area contributed by atoms with Crippen molar-refractivity contribution < 1.29 is 31.9 Å². The first-order valence-corrected chi connectivity index (χ1v) is 11.1. The van der Waals surface area contributed by atoms with Crippen molar-refractivity contribution >= 4 is 40.7 Å². The quantitative estimate of drug-likeness (QED) is 0.483. The van der Waals surface area contributed by atoms with Gasteiger partial charge in [-0.15, -0.1) is 0 Å². The normalized spacial score (nSPS) is 30.2. The molecule has 176 valence electrons. The molecule has 0 aliphatic carbocycles.